The Labute approximate surface area is 154 Å². The maximum absolute atomic E-state index is 12.3. The lowest BCUT2D eigenvalue weighted by Gasteiger charge is -2.04. The molecule has 0 spiro atoms. The summed E-state index contributed by atoms with van der Waals surface area (Å²) in [7, 11) is 0. The Morgan fingerprint density at radius 2 is 1.80 bits per heavy atom. The summed E-state index contributed by atoms with van der Waals surface area (Å²) in [6.07, 6.45) is 0.333. The standard InChI is InChI=1S/C19H12Cl2N2O2/c20-15-6-3-13(11-16(15)21)17-7-8-18(25-17)19(24)23-14-4-1-12(2-5-14)9-10-22/h1-8,11H,9H2,(H,23,24). The van der Waals surface area contributed by atoms with Crippen molar-refractivity contribution < 1.29 is 9.21 Å². The second-order valence-electron chi connectivity index (χ2n) is 5.28. The Morgan fingerprint density at radius 1 is 1.04 bits per heavy atom. The van der Waals surface area contributed by atoms with Crippen LogP contribution in [-0.4, -0.2) is 5.91 Å². The molecule has 0 bridgehead atoms. The topological polar surface area (TPSA) is 66.0 Å². The number of carbonyl (C=O) groups is 1. The molecular weight excluding hydrogens is 359 g/mol. The first-order valence-corrected chi connectivity index (χ1v) is 8.15. The van der Waals surface area contributed by atoms with Crippen LogP contribution in [0.1, 0.15) is 16.1 Å². The summed E-state index contributed by atoms with van der Waals surface area (Å²) in [4.78, 5) is 12.3. The van der Waals surface area contributed by atoms with Crippen molar-refractivity contribution in [3.8, 4) is 17.4 Å². The summed E-state index contributed by atoms with van der Waals surface area (Å²) in [6.45, 7) is 0. The van der Waals surface area contributed by atoms with Crippen LogP contribution in [0.25, 0.3) is 11.3 Å². The number of halogens is 2. The molecule has 1 amide bonds. The third-order valence-electron chi connectivity index (χ3n) is 3.53. The number of carbonyl (C=O) groups excluding carboxylic acids is 1. The SMILES string of the molecule is N#CCc1ccc(NC(=O)c2ccc(-c3ccc(Cl)c(Cl)c3)o2)cc1. The van der Waals surface area contributed by atoms with Gasteiger partial charge < -0.3 is 9.73 Å². The molecule has 6 heteroatoms. The van der Waals surface area contributed by atoms with Gasteiger partial charge in [-0.05, 0) is 48.0 Å². The molecular formula is C19H12Cl2N2O2. The van der Waals surface area contributed by atoms with Crippen molar-refractivity contribution in [1.82, 2.24) is 0 Å². The Morgan fingerprint density at radius 3 is 2.48 bits per heavy atom. The quantitative estimate of drug-likeness (QED) is 0.652. The first kappa shape index (κ1) is 17.1. The zero-order valence-electron chi connectivity index (χ0n) is 12.9. The summed E-state index contributed by atoms with van der Waals surface area (Å²) < 4.78 is 5.60. The van der Waals surface area contributed by atoms with Gasteiger partial charge in [0.15, 0.2) is 5.76 Å². The van der Waals surface area contributed by atoms with Gasteiger partial charge in [-0.25, -0.2) is 0 Å². The maximum atomic E-state index is 12.3. The minimum Gasteiger partial charge on any atom is -0.451 e. The Balaban J connectivity index is 1.74. The predicted molar refractivity (Wildman–Crippen MR) is 97.9 cm³/mol. The molecule has 4 nitrogen and oxygen atoms in total. The van der Waals surface area contributed by atoms with Gasteiger partial charge in [-0.3, -0.25) is 4.79 Å². The molecule has 0 unspecified atom stereocenters. The lowest BCUT2D eigenvalue weighted by molar-refractivity contribution is 0.0997. The van der Waals surface area contributed by atoms with Crippen LogP contribution in [0.15, 0.2) is 59.0 Å². The molecule has 124 valence electrons. The molecule has 2 aromatic carbocycles. The fraction of sp³-hybridized carbons (Fsp3) is 0.0526. The van der Waals surface area contributed by atoms with Gasteiger partial charge in [0, 0.05) is 11.3 Å². The molecule has 25 heavy (non-hydrogen) atoms. The van der Waals surface area contributed by atoms with Crippen molar-refractivity contribution in [2.45, 2.75) is 6.42 Å². The van der Waals surface area contributed by atoms with Crippen LogP contribution in [0.4, 0.5) is 5.69 Å². The Bertz CT molecular complexity index is 956. The zero-order chi connectivity index (χ0) is 17.8. The normalized spacial score (nSPS) is 10.3. The van der Waals surface area contributed by atoms with Gasteiger partial charge in [-0.2, -0.15) is 5.26 Å². The highest BCUT2D eigenvalue weighted by molar-refractivity contribution is 6.42. The minimum atomic E-state index is -0.362. The zero-order valence-corrected chi connectivity index (χ0v) is 14.4. The smallest absolute Gasteiger partial charge is 0.291 e. The second kappa shape index (κ2) is 7.43. The van der Waals surface area contributed by atoms with Gasteiger partial charge in [0.2, 0.25) is 0 Å². The number of benzene rings is 2. The molecule has 0 aliphatic rings. The van der Waals surface area contributed by atoms with Gasteiger partial charge in [0.05, 0.1) is 22.5 Å². The van der Waals surface area contributed by atoms with Crippen LogP contribution in [0, 0.1) is 11.3 Å². The van der Waals surface area contributed by atoms with Crippen molar-refractivity contribution in [1.29, 1.82) is 5.26 Å². The molecule has 0 aliphatic carbocycles. The van der Waals surface area contributed by atoms with E-state index in [0.717, 1.165) is 11.1 Å². The van der Waals surface area contributed by atoms with Crippen LogP contribution in [-0.2, 0) is 6.42 Å². The monoisotopic (exact) mass is 370 g/mol. The van der Waals surface area contributed by atoms with E-state index in [0.29, 0.717) is 27.9 Å². The summed E-state index contributed by atoms with van der Waals surface area (Å²) in [6, 6.07) is 17.6. The van der Waals surface area contributed by atoms with E-state index in [-0.39, 0.29) is 11.7 Å². The summed E-state index contributed by atoms with van der Waals surface area (Å²) in [5.74, 6) is 0.342. The van der Waals surface area contributed by atoms with Gasteiger partial charge in [0.25, 0.3) is 5.91 Å². The molecule has 0 aliphatic heterocycles. The van der Waals surface area contributed by atoms with Gasteiger partial charge in [0.1, 0.15) is 5.76 Å². The number of hydrogen-bond donors (Lipinski definition) is 1. The molecule has 0 radical (unpaired) electrons. The first-order chi connectivity index (χ1) is 12.1. The van der Waals surface area contributed by atoms with E-state index in [2.05, 4.69) is 11.4 Å². The molecule has 3 rings (SSSR count). The van der Waals surface area contributed by atoms with Crippen LogP contribution >= 0.6 is 23.2 Å². The summed E-state index contributed by atoms with van der Waals surface area (Å²) >= 11 is 11.9. The van der Waals surface area contributed by atoms with Crippen LogP contribution in [0.5, 0.6) is 0 Å². The lowest BCUT2D eigenvalue weighted by Crippen LogP contribution is -2.10. The molecule has 1 heterocycles. The molecule has 0 fully saturated rings. The van der Waals surface area contributed by atoms with E-state index in [4.69, 9.17) is 32.9 Å². The van der Waals surface area contributed by atoms with E-state index >= 15 is 0 Å². The van der Waals surface area contributed by atoms with Crippen molar-refractivity contribution >= 4 is 34.8 Å². The Kier molecular flexibility index (Phi) is 5.08. The average Bonchev–Trinajstić information content (AvgIpc) is 3.09. The van der Waals surface area contributed by atoms with E-state index < -0.39 is 0 Å². The molecule has 1 N–H and O–H groups in total. The summed E-state index contributed by atoms with van der Waals surface area (Å²) in [5, 5.41) is 12.3. The molecule has 3 aromatic rings. The van der Waals surface area contributed by atoms with E-state index in [9.17, 15) is 4.79 Å². The lowest BCUT2D eigenvalue weighted by atomic mass is 10.1. The van der Waals surface area contributed by atoms with E-state index in [1.807, 2.05) is 0 Å². The Hall–Kier alpha value is -2.74. The van der Waals surface area contributed by atoms with Gasteiger partial charge in [-0.15, -0.1) is 0 Å². The van der Waals surface area contributed by atoms with E-state index in [1.165, 1.54) is 0 Å². The van der Waals surface area contributed by atoms with Crippen LogP contribution in [0.2, 0.25) is 10.0 Å². The number of amides is 1. The fourth-order valence-electron chi connectivity index (χ4n) is 2.25. The highest BCUT2D eigenvalue weighted by Crippen LogP contribution is 2.29. The number of nitrogens with one attached hydrogen (secondary N) is 1. The highest BCUT2D eigenvalue weighted by Gasteiger charge is 2.13. The number of rotatable bonds is 4. The fourth-order valence-corrected chi connectivity index (χ4v) is 2.55. The second-order valence-corrected chi connectivity index (χ2v) is 6.09. The molecule has 1 aromatic heterocycles. The third-order valence-corrected chi connectivity index (χ3v) is 4.27. The third kappa shape index (κ3) is 4.03. The summed E-state index contributed by atoms with van der Waals surface area (Å²) in [5.41, 5.74) is 2.24. The number of furan rings is 1. The van der Waals surface area contributed by atoms with Crippen molar-refractivity contribution in [2.24, 2.45) is 0 Å². The van der Waals surface area contributed by atoms with Crippen molar-refractivity contribution in [3.05, 3.63) is 76.0 Å². The van der Waals surface area contributed by atoms with Crippen molar-refractivity contribution in [3.63, 3.8) is 0 Å². The first-order valence-electron chi connectivity index (χ1n) is 7.39. The van der Waals surface area contributed by atoms with Crippen LogP contribution < -0.4 is 5.32 Å². The van der Waals surface area contributed by atoms with E-state index in [1.54, 1.807) is 54.6 Å². The number of anilines is 1. The maximum Gasteiger partial charge on any atom is 0.291 e. The predicted octanol–water partition coefficient (Wildman–Crippen LogP) is 5.57. The number of nitrogens with zero attached hydrogens (tertiary/aromatic N) is 1. The number of hydrogen-bond acceptors (Lipinski definition) is 3. The molecule has 0 saturated heterocycles. The molecule has 0 atom stereocenters. The molecule has 0 saturated carbocycles. The van der Waals surface area contributed by atoms with Gasteiger partial charge in [-0.1, -0.05) is 35.3 Å². The van der Waals surface area contributed by atoms with Crippen LogP contribution in [0.3, 0.4) is 0 Å². The highest BCUT2D eigenvalue weighted by atomic mass is 35.5. The largest absolute Gasteiger partial charge is 0.451 e. The average molecular weight is 371 g/mol. The van der Waals surface area contributed by atoms with Crippen molar-refractivity contribution in [2.75, 3.05) is 5.32 Å². The minimum absolute atomic E-state index is 0.183. The van der Waals surface area contributed by atoms with Gasteiger partial charge >= 0.3 is 0 Å². The number of nitriles is 1.